The van der Waals surface area contributed by atoms with Crippen LogP contribution in [0.4, 0.5) is 0 Å². The van der Waals surface area contributed by atoms with Crippen LogP contribution in [0.15, 0.2) is 115 Å². The average Bonchev–Trinajstić information content (AvgIpc) is 3.97. The van der Waals surface area contributed by atoms with Crippen LogP contribution in [0.2, 0.25) is 0 Å². The standard InChI is InChI=1S/C39H25N7S/c1-3-30-37(25-11-18-41-19-12-25)32-5-7-34(45-32)39(27-15-22-47-23-27)35-8-6-33(46-35)38(26-13-20-42-21-14-26)31-4-2-29(44-31)36(28(1)43-30)24-9-16-40-17-10-24/h1-23,43,46H. The summed E-state index contributed by atoms with van der Waals surface area (Å²) in [5.74, 6) is 0. The average molecular weight is 624 g/mol. The van der Waals surface area contributed by atoms with E-state index in [2.05, 4.69) is 90.3 Å². The lowest BCUT2D eigenvalue weighted by atomic mass is 10.1. The highest BCUT2D eigenvalue weighted by molar-refractivity contribution is 7.08. The molecule has 0 spiro atoms. The van der Waals surface area contributed by atoms with Gasteiger partial charge in [0, 0.05) is 81.5 Å². The molecule has 7 aromatic heterocycles. The van der Waals surface area contributed by atoms with Crippen molar-refractivity contribution in [1.82, 2.24) is 34.9 Å². The smallest absolute Gasteiger partial charge is 0.0737 e. The van der Waals surface area contributed by atoms with Crippen molar-refractivity contribution in [3.8, 4) is 44.5 Å². The largest absolute Gasteiger partial charge is 0.354 e. The van der Waals surface area contributed by atoms with Crippen LogP contribution >= 0.6 is 11.3 Å². The van der Waals surface area contributed by atoms with Gasteiger partial charge in [-0.15, -0.1) is 0 Å². The van der Waals surface area contributed by atoms with Crippen molar-refractivity contribution < 1.29 is 0 Å². The first-order valence-electron chi connectivity index (χ1n) is 15.2. The van der Waals surface area contributed by atoms with Gasteiger partial charge in [-0.2, -0.15) is 11.3 Å². The third-order valence-corrected chi connectivity index (χ3v) is 9.15. The Morgan fingerprint density at radius 2 is 0.723 bits per heavy atom. The molecule has 0 radical (unpaired) electrons. The van der Waals surface area contributed by atoms with E-state index >= 15 is 0 Å². The molecule has 0 saturated carbocycles. The van der Waals surface area contributed by atoms with Gasteiger partial charge in [-0.25, -0.2) is 9.97 Å². The van der Waals surface area contributed by atoms with Crippen molar-refractivity contribution in [3.05, 3.63) is 137 Å². The molecular weight excluding hydrogens is 599 g/mol. The number of nitrogens with one attached hydrogen (secondary N) is 2. The Bertz CT molecular complexity index is 2460. The van der Waals surface area contributed by atoms with E-state index in [1.165, 1.54) is 0 Å². The second kappa shape index (κ2) is 11.3. The molecule has 0 amide bonds. The molecule has 0 aromatic carbocycles. The summed E-state index contributed by atoms with van der Waals surface area (Å²) in [5, 5.41) is 4.27. The molecule has 0 aliphatic carbocycles. The Balaban J connectivity index is 1.49. The lowest BCUT2D eigenvalue weighted by Crippen LogP contribution is -1.89. The first-order valence-corrected chi connectivity index (χ1v) is 16.1. The van der Waals surface area contributed by atoms with Gasteiger partial charge in [0.05, 0.1) is 22.8 Å². The van der Waals surface area contributed by atoms with Crippen molar-refractivity contribution >= 4 is 57.7 Å². The van der Waals surface area contributed by atoms with E-state index < -0.39 is 0 Å². The summed E-state index contributed by atoms with van der Waals surface area (Å²) < 4.78 is 0. The van der Waals surface area contributed by atoms with Crippen molar-refractivity contribution in [2.75, 3.05) is 0 Å². The van der Waals surface area contributed by atoms with E-state index in [1.54, 1.807) is 11.3 Å². The van der Waals surface area contributed by atoms with Crippen LogP contribution < -0.4 is 0 Å². The lowest BCUT2D eigenvalue weighted by molar-refractivity contribution is 1.29. The van der Waals surface area contributed by atoms with Crippen LogP contribution in [0.1, 0.15) is 22.8 Å². The Kier molecular flexibility index (Phi) is 6.50. The van der Waals surface area contributed by atoms with Gasteiger partial charge in [-0.05, 0) is 124 Å². The predicted octanol–water partition coefficient (Wildman–Crippen LogP) is 9.57. The zero-order valence-corrected chi connectivity index (χ0v) is 25.7. The van der Waals surface area contributed by atoms with Crippen LogP contribution in [-0.4, -0.2) is 34.9 Å². The van der Waals surface area contributed by atoms with Crippen molar-refractivity contribution in [2.24, 2.45) is 0 Å². The summed E-state index contributed by atoms with van der Waals surface area (Å²) in [4.78, 5) is 31.0. The molecule has 0 saturated heterocycles. The predicted molar refractivity (Wildman–Crippen MR) is 192 cm³/mol. The number of aromatic amines is 2. The number of H-pyrrole nitrogens is 2. The van der Waals surface area contributed by atoms with Gasteiger partial charge in [0.1, 0.15) is 0 Å². The van der Waals surface area contributed by atoms with Gasteiger partial charge in [0.15, 0.2) is 0 Å². The maximum atomic E-state index is 5.30. The first-order chi connectivity index (χ1) is 23.3. The fourth-order valence-electron chi connectivity index (χ4n) is 6.38. The van der Waals surface area contributed by atoms with E-state index in [9.17, 15) is 0 Å². The fraction of sp³-hybridized carbons (Fsp3) is 0. The highest BCUT2D eigenvalue weighted by Gasteiger charge is 2.18. The Hall–Kier alpha value is -6.25. The molecule has 2 N–H and O–H groups in total. The minimum Gasteiger partial charge on any atom is -0.354 e. The molecule has 2 aliphatic heterocycles. The molecule has 9 heterocycles. The van der Waals surface area contributed by atoms with Crippen molar-refractivity contribution in [1.29, 1.82) is 0 Å². The van der Waals surface area contributed by atoms with E-state index in [1.807, 2.05) is 73.6 Å². The normalized spacial score (nSPS) is 12.1. The summed E-state index contributed by atoms with van der Waals surface area (Å²) in [6, 6.07) is 22.8. The molecule has 0 atom stereocenters. The van der Waals surface area contributed by atoms with Gasteiger partial charge >= 0.3 is 0 Å². The van der Waals surface area contributed by atoms with E-state index in [-0.39, 0.29) is 0 Å². The van der Waals surface area contributed by atoms with Crippen LogP contribution in [0, 0.1) is 0 Å². The molecule has 7 aromatic rings. The number of nitrogens with zero attached hydrogens (tertiary/aromatic N) is 5. The van der Waals surface area contributed by atoms with Crippen molar-refractivity contribution in [3.63, 3.8) is 0 Å². The number of pyridine rings is 3. The van der Waals surface area contributed by atoms with Crippen LogP contribution in [-0.2, 0) is 0 Å². The highest BCUT2D eigenvalue weighted by atomic mass is 32.1. The number of rotatable bonds is 4. The van der Waals surface area contributed by atoms with Gasteiger partial charge in [0.2, 0.25) is 0 Å². The second-order valence-electron chi connectivity index (χ2n) is 11.2. The van der Waals surface area contributed by atoms with Gasteiger partial charge in [-0.3, -0.25) is 15.0 Å². The summed E-state index contributed by atoms with van der Waals surface area (Å²) in [6.45, 7) is 0. The summed E-state index contributed by atoms with van der Waals surface area (Å²) in [5.41, 5.74) is 15.5. The molecule has 222 valence electrons. The quantitative estimate of drug-likeness (QED) is 0.204. The number of aromatic nitrogens is 7. The molecule has 9 rings (SSSR count). The monoisotopic (exact) mass is 623 g/mol. The van der Waals surface area contributed by atoms with Crippen LogP contribution in [0.3, 0.4) is 0 Å². The molecule has 0 unspecified atom stereocenters. The minimum absolute atomic E-state index is 0.856. The van der Waals surface area contributed by atoms with Crippen LogP contribution in [0.5, 0.6) is 0 Å². The third kappa shape index (κ3) is 4.79. The SMILES string of the molecule is C1=Cc2nc1c(-c1ccncc1)c1ccc([nH]1)c(-c1ccncc1)c1nc(c(-c3ccsc3)c3ccc([nH]3)c2-c2ccncc2)C=C1. The molecule has 8 bridgehead atoms. The second-order valence-corrected chi connectivity index (χ2v) is 12.0. The van der Waals surface area contributed by atoms with E-state index in [4.69, 9.17) is 9.97 Å². The zero-order valence-electron chi connectivity index (χ0n) is 24.9. The highest BCUT2D eigenvalue weighted by Crippen LogP contribution is 2.38. The number of hydrogen-bond donors (Lipinski definition) is 2. The molecule has 8 heteroatoms. The summed E-state index contributed by atoms with van der Waals surface area (Å²) in [6.07, 6.45) is 19.3. The van der Waals surface area contributed by atoms with Gasteiger partial charge in [0.25, 0.3) is 0 Å². The van der Waals surface area contributed by atoms with Crippen LogP contribution in [0.25, 0.3) is 90.9 Å². The van der Waals surface area contributed by atoms with Crippen molar-refractivity contribution in [2.45, 2.75) is 0 Å². The molecular formula is C39H25N7S. The molecule has 47 heavy (non-hydrogen) atoms. The third-order valence-electron chi connectivity index (χ3n) is 8.47. The zero-order chi connectivity index (χ0) is 31.2. The summed E-state index contributed by atoms with van der Waals surface area (Å²) in [7, 11) is 0. The number of hydrogen-bond acceptors (Lipinski definition) is 6. The molecule has 0 fully saturated rings. The van der Waals surface area contributed by atoms with E-state index in [0.717, 1.165) is 89.4 Å². The number of thiophene rings is 1. The Morgan fingerprint density at radius 1 is 0.383 bits per heavy atom. The molecule has 7 nitrogen and oxygen atoms in total. The number of fused-ring (bicyclic) bond motifs is 8. The first kappa shape index (κ1) is 27.1. The van der Waals surface area contributed by atoms with E-state index in [0.29, 0.717) is 0 Å². The summed E-state index contributed by atoms with van der Waals surface area (Å²) >= 11 is 1.67. The minimum atomic E-state index is 0.856. The van der Waals surface area contributed by atoms with Gasteiger partial charge < -0.3 is 9.97 Å². The Labute approximate surface area is 273 Å². The lowest BCUT2D eigenvalue weighted by Gasteiger charge is -2.06. The fourth-order valence-corrected chi connectivity index (χ4v) is 7.03. The topological polar surface area (TPSA) is 96.0 Å². The maximum Gasteiger partial charge on any atom is 0.0737 e. The molecule has 2 aliphatic rings. The maximum absolute atomic E-state index is 5.30. The Morgan fingerprint density at radius 3 is 1.04 bits per heavy atom. The van der Waals surface area contributed by atoms with Gasteiger partial charge in [-0.1, -0.05) is 0 Å².